The largest absolute Gasteiger partial charge is 0.454 e. The number of aromatic amines is 2. The first kappa shape index (κ1) is 19.9. The third-order valence-electron chi connectivity index (χ3n) is 6.07. The van der Waals surface area contributed by atoms with Crippen molar-refractivity contribution in [3.63, 3.8) is 0 Å². The number of nitrogens with zero attached hydrogens (tertiary/aromatic N) is 1. The highest BCUT2D eigenvalue weighted by Gasteiger charge is 2.34. The number of ether oxygens (including phenoxy) is 2. The van der Waals surface area contributed by atoms with Crippen LogP contribution in [0.3, 0.4) is 0 Å². The molecule has 0 spiro atoms. The van der Waals surface area contributed by atoms with Crippen LogP contribution in [0.4, 0.5) is 5.82 Å². The van der Waals surface area contributed by atoms with Crippen molar-refractivity contribution >= 4 is 46.2 Å². The summed E-state index contributed by atoms with van der Waals surface area (Å²) in [6.45, 7) is 0.140. The highest BCUT2D eigenvalue weighted by molar-refractivity contribution is 8.00. The summed E-state index contributed by atoms with van der Waals surface area (Å²) in [5, 5.41) is 6.05. The van der Waals surface area contributed by atoms with E-state index in [4.69, 9.17) is 9.47 Å². The summed E-state index contributed by atoms with van der Waals surface area (Å²) in [6.07, 6.45) is 1.83. The number of aromatic nitrogens is 3. The molecule has 166 valence electrons. The molecule has 32 heavy (non-hydrogen) atoms. The molecule has 3 aromatic rings. The Kier molecular flexibility index (Phi) is 4.76. The minimum Gasteiger partial charge on any atom is -0.454 e. The summed E-state index contributed by atoms with van der Waals surface area (Å²) < 4.78 is 12.7. The van der Waals surface area contributed by atoms with Crippen LogP contribution in [-0.2, 0) is 4.79 Å². The second-order valence-electron chi connectivity index (χ2n) is 8.00. The highest BCUT2D eigenvalue weighted by Crippen LogP contribution is 2.42. The van der Waals surface area contributed by atoms with Gasteiger partial charge in [0.1, 0.15) is 5.82 Å². The molecule has 2 aromatic heterocycles. The Balaban J connectivity index is 1.50. The van der Waals surface area contributed by atoms with Crippen LogP contribution >= 0.6 is 23.5 Å². The van der Waals surface area contributed by atoms with Gasteiger partial charge >= 0.3 is 0 Å². The SMILES string of the molecule is O=C1CSC(c2cc3cc4c(cc3[nH]c2=O)OCO4)c2c(n(C3CCSCC3)[nH]c2=O)N1. The van der Waals surface area contributed by atoms with E-state index in [9.17, 15) is 14.4 Å². The molecule has 1 fully saturated rings. The van der Waals surface area contributed by atoms with Gasteiger partial charge in [0.05, 0.1) is 28.1 Å². The summed E-state index contributed by atoms with van der Waals surface area (Å²) >= 11 is 3.17. The molecule has 0 radical (unpaired) electrons. The second kappa shape index (κ2) is 7.66. The van der Waals surface area contributed by atoms with Crippen molar-refractivity contribution in [2.24, 2.45) is 0 Å². The van der Waals surface area contributed by atoms with E-state index in [1.807, 2.05) is 22.5 Å². The van der Waals surface area contributed by atoms with Crippen molar-refractivity contribution in [2.75, 3.05) is 29.4 Å². The van der Waals surface area contributed by atoms with Gasteiger partial charge in [-0.1, -0.05) is 0 Å². The molecular formula is C21H20N4O5S2. The van der Waals surface area contributed by atoms with Gasteiger partial charge in [0.2, 0.25) is 12.7 Å². The first-order valence-corrected chi connectivity index (χ1v) is 12.6. The number of carbonyl (C=O) groups is 1. The van der Waals surface area contributed by atoms with E-state index >= 15 is 0 Å². The number of anilines is 1. The zero-order valence-corrected chi connectivity index (χ0v) is 18.6. The molecular weight excluding hydrogens is 452 g/mol. The van der Waals surface area contributed by atoms with Crippen LogP contribution in [0.1, 0.15) is 35.3 Å². The minimum absolute atomic E-state index is 0.117. The molecule has 6 rings (SSSR count). The van der Waals surface area contributed by atoms with Crippen LogP contribution in [-0.4, -0.2) is 44.7 Å². The quantitative estimate of drug-likeness (QED) is 0.525. The lowest BCUT2D eigenvalue weighted by Gasteiger charge is -2.24. The van der Waals surface area contributed by atoms with E-state index in [2.05, 4.69) is 15.4 Å². The fourth-order valence-electron chi connectivity index (χ4n) is 4.51. The molecule has 0 bridgehead atoms. The Labute approximate surface area is 190 Å². The average molecular weight is 473 g/mol. The molecule has 1 atom stereocenters. The summed E-state index contributed by atoms with van der Waals surface area (Å²) in [4.78, 5) is 41.6. The third kappa shape index (κ3) is 3.22. The third-order valence-corrected chi connectivity index (χ3v) is 8.37. The van der Waals surface area contributed by atoms with Crippen LogP contribution in [0, 0.1) is 0 Å². The number of rotatable bonds is 2. The first-order chi connectivity index (χ1) is 15.6. The Bertz CT molecular complexity index is 1350. The zero-order chi connectivity index (χ0) is 21.8. The summed E-state index contributed by atoms with van der Waals surface area (Å²) in [7, 11) is 0. The average Bonchev–Trinajstić information content (AvgIpc) is 3.32. The first-order valence-electron chi connectivity index (χ1n) is 10.4. The molecule has 3 N–H and O–H groups in total. The van der Waals surface area contributed by atoms with Gasteiger partial charge in [-0.15, -0.1) is 11.8 Å². The number of thioether (sulfide) groups is 2. The molecule has 3 aliphatic heterocycles. The summed E-state index contributed by atoms with van der Waals surface area (Å²) in [5.74, 6) is 3.66. The maximum atomic E-state index is 13.1. The lowest BCUT2D eigenvalue weighted by molar-refractivity contribution is -0.113. The van der Waals surface area contributed by atoms with E-state index < -0.39 is 5.25 Å². The molecule has 1 aromatic carbocycles. The normalized spacial score (nSPS) is 20.8. The van der Waals surface area contributed by atoms with Gasteiger partial charge in [-0.05, 0) is 36.5 Å². The smallest absolute Gasteiger partial charge is 0.270 e. The van der Waals surface area contributed by atoms with E-state index in [0.29, 0.717) is 34.0 Å². The van der Waals surface area contributed by atoms with Gasteiger partial charge in [-0.25, -0.2) is 0 Å². The van der Waals surface area contributed by atoms with Crippen molar-refractivity contribution in [3.8, 4) is 11.5 Å². The van der Waals surface area contributed by atoms with E-state index in [1.54, 1.807) is 12.1 Å². The van der Waals surface area contributed by atoms with Crippen molar-refractivity contribution in [3.05, 3.63) is 50.0 Å². The lowest BCUT2D eigenvalue weighted by atomic mass is 10.0. The van der Waals surface area contributed by atoms with Gasteiger partial charge in [0.15, 0.2) is 11.5 Å². The Morgan fingerprint density at radius 1 is 1.00 bits per heavy atom. The number of nitrogens with one attached hydrogen (secondary N) is 3. The van der Waals surface area contributed by atoms with Gasteiger partial charge in [-0.3, -0.25) is 24.2 Å². The highest BCUT2D eigenvalue weighted by atomic mass is 32.2. The lowest BCUT2D eigenvalue weighted by Crippen LogP contribution is -2.22. The second-order valence-corrected chi connectivity index (χ2v) is 10.3. The number of amides is 1. The number of benzene rings is 1. The predicted molar refractivity (Wildman–Crippen MR) is 124 cm³/mol. The molecule has 5 heterocycles. The number of carbonyl (C=O) groups excluding carboxylic acids is 1. The Hall–Kier alpha value is -2.79. The van der Waals surface area contributed by atoms with E-state index in [1.165, 1.54) is 11.8 Å². The van der Waals surface area contributed by atoms with E-state index in [-0.39, 0.29) is 35.6 Å². The number of fused-ring (bicyclic) bond motifs is 3. The molecule has 11 heteroatoms. The van der Waals surface area contributed by atoms with Gasteiger partial charge in [0, 0.05) is 17.0 Å². The minimum atomic E-state index is -0.578. The summed E-state index contributed by atoms with van der Waals surface area (Å²) in [6, 6.07) is 5.45. The monoisotopic (exact) mass is 472 g/mol. The standard InChI is InChI=1S/C21H20N4O5S2/c26-16-8-32-18(17-19(23-16)25(24-21(17)28)11-1-3-31-4-2-11)12-5-10-6-14-15(30-9-29-14)7-13(10)22-20(12)27/h5-7,11,18H,1-4,8-9H2,(H,22,27)(H,23,26)(H,24,28). The fraction of sp³-hybridized carbons (Fsp3) is 0.381. The van der Waals surface area contributed by atoms with Crippen molar-refractivity contribution < 1.29 is 14.3 Å². The van der Waals surface area contributed by atoms with Crippen LogP contribution in [0.2, 0.25) is 0 Å². The van der Waals surface area contributed by atoms with Crippen LogP contribution in [0.15, 0.2) is 27.8 Å². The van der Waals surface area contributed by atoms with Gasteiger partial charge in [0.25, 0.3) is 11.1 Å². The molecule has 0 aliphatic carbocycles. The van der Waals surface area contributed by atoms with Crippen LogP contribution in [0.5, 0.6) is 11.5 Å². The Morgan fingerprint density at radius 2 is 1.78 bits per heavy atom. The van der Waals surface area contributed by atoms with Crippen molar-refractivity contribution in [1.82, 2.24) is 14.8 Å². The molecule has 1 unspecified atom stereocenters. The van der Waals surface area contributed by atoms with Crippen molar-refractivity contribution in [1.29, 1.82) is 0 Å². The molecule has 3 aliphatic rings. The van der Waals surface area contributed by atoms with Crippen molar-refractivity contribution in [2.45, 2.75) is 24.1 Å². The topological polar surface area (TPSA) is 118 Å². The van der Waals surface area contributed by atoms with E-state index in [0.717, 1.165) is 29.7 Å². The zero-order valence-electron chi connectivity index (χ0n) is 16.9. The molecule has 0 saturated carbocycles. The summed E-state index contributed by atoms with van der Waals surface area (Å²) in [5.41, 5.74) is 0.909. The molecule has 9 nitrogen and oxygen atoms in total. The fourth-order valence-corrected chi connectivity index (χ4v) is 6.73. The van der Waals surface area contributed by atoms with Gasteiger partial charge in [-0.2, -0.15) is 11.8 Å². The number of hydrogen-bond acceptors (Lipinski definition) is 7. The number of H-pyrrole nitrogens is 2. The van der Waals surface area contributed by atoms with Crippen LogP contribution < -0.4 is 25.9 Å². The maximum absolute atomic E-state index is 13.1. The molecule has 1 amide bonds. The van der Waals surface area contributed by atoms with Gasteiger partial charge < -0.3 is 19.8 Å². The Morgan fingerprint density at radius 3 is 2.59 bits per heavy atom. The number of hydrogen-bond donors (Lipinski definition) is 3. The molecule has 1 saturated heterocycles. The maximum Gasteiger partial charge on any atom is 0.270 e. The van der Waals surface area contributed by atoms with Crippen LogP contribution in [0.25, 0.3) is 10.9 Å². The number of pyridine rings is 1. The predicted octanol–water partition coefficient (Wildman–Crippen LogP) is 2.59.